The van der Waals surface area contributed by atoms with Crippen molar-refractivity contribution in [2.45, 2.75) is 19.5 Å². The number of thiophene rings is 1. The van der Waals surface area contributed by atoms with Gasteiger partial charge in [-0.2, -0.15) is 0 Å². The van der Waals surface area contributed by atoms with Crippen molar-refractivity contribution in [2.75, 3.05) is 6.54 Å². The number of nitrogens with one attached hydrogen (secondary N) is 1. The third-order valence-electron chi connectivity index (χ3n) is 4.24. The fourth-order valence-corrected chi connectivity index (χ4v) is 3.67. The normalized spacial score (nSPS) is 14.5. The second kappa shape index (κ2) is 6.22. The Morgan fingerprint density at radius 2 is 2.08 bits per heavy atom. The van der Waals surface area contributed by atoms with Gasteiger partial charge in [0.05, 0.1) is 16.1 Å². The number of phenolic OH excluding ortho intramolecular Hbond substituents is 1. The number of hydrogen-bond acceptors (Lipinski definition) is 5. The third kappa shape index (κ3) is 2.98. The molecule has 2 N–H and O–H groups in total. The van der Waals surface area contributed by atoms with E-state index in [4.69, 9.17) is 0 Å². The molecule has 0 fully saturated rings. The number of nitrogens with zero attached hydrogens (tertiary/aromatic N) is 2. The number of aromatic nitrogens is 2. The predicted molar refractivity (Wildman–Crippen MR) is 94.1 cm³/mol. The number of aromatic hydroxyl groups is 1. The maximum atomic E-state index is 12.5. The van der Waals surface area contributed by atoms with E-state index in [9.17, 15) is 9.90 Å². The van der Waals surface area contributed by atoms with Crippen molar-refractivity contribution in [1.82, 2.24) is 14.9 Å². The van der Waals surface area contributed by atoms with Crippen LogP contribution in [-0.2, 0) is 19.5 Å². The molecule has 0 atom stereocenters. The van der Waals surface area contributed by atoms with E-state index >= 15 is 0 Å². The summed E-state index contributed by atoms with van der Waals surface area (Å²) in [4.78, 5) is 23.3. The van der Waals surface area contributed by atoms with E-state index in [-0.39, 0.29) is 11.3 Å². The molecule has 24 heavy (non-hydrogen) atoms. The first kappa shape index (κ1) is 15.1. The molecule has 0 spiro atoms. The van der Waals surface area contributed by atoms with Crippen molar-refractivity contribution in [3.05, 3.63) is 69.0 Å². The molecule has 0 saturated heterocycles. The van der Waals surface area contributed by atoms with Crippen molar-refractivity contribution < 1.29 is 5.11 Å². The van der Waals surface area contributed by atoms with Crippen LogP contribution in [0.4, 0.5) is 0 Å². The molecule has 0 unspecified atom stereocenters. The molecule has 3 heterocycles. The fourth-order valence-electron chi connectivity index (χ4n) is 3.01. The molecule has 122 valence electrons. The molecule has 1 aliphatic rings. The average Bonchev–Trinajstić information content (AvgIpc) is 3.12. The van der Waals surface area contributed by atoms with Gasteiger partial charge in [-0.25, -0.2) is 4.98 Å². The minimum atomic E-state index is -0.0428. The van der Waals surface area contributed by atoms with Crippen LogP contribution in [0.5, 0.6) is 5.75 Å². The summed E-state index contributed by atoms with van der Waals surface area (Å²) in [5.74, 6) is 0.935. The molecule has 4 rings (SSSR count). The largest absolute Gasteiger partial charge is 0.508 e. The van der Waals surface area contributed by atoms with E-state index in [0.717, 1.165) is 41.2 Å². The maximum Gasteiger partial charge on any atom is 0.255 e. The summed E-state index contributed by atoms with van der Waals surface area (Å²) in [5, 5.41) is 11.3. The molecule has 6 heteroatoms. The second-order valence-corrected chi connectivity index (χ2v) is 6.89. The van der Waals surface area contributed by atoms with Crippen molar-refractivity contribution in [3.8, 4) is 16.5 Å². The third-order valence-corrected chi connectivity index (χ3v) is 5.12. The summed E-state index contributed by atoms with van der Waals surface area (Å²) < 4.78 is 0. The number of phenols is 1. The molecule has 2 aromatic heterocycles. The molecular formula is C18H17N3O2S. The Morgan fingerprint density at radius 1 is 1.25 bits per heavy atom. The fraction of sp³-hybridized carbons (Fsp3) is 0.222. The Hall–Kier alpha value is -2.44. The van der Waals surface area contributed by atoms with Gasteiger partial charge in [0.1, 0.15) is 5.75 Å². The topological polar surface area (TPSA) is 69.2 Å². The lowest BCUT2D eigenvalue weighted by atomic mass is 10.1. The Kier molecular flexibility index (Phi) is 3.92. The Bertz CT molecular complexity index is 901. The van der Waals surface area contributed by atoms with Crippen LogP contribution in [0.3, 0.4) is 0 Å². The Morgan fingerprint density at radius 3 is 2.83 bits per heavy atom. The number of H-pyrrole nitrogens is 1. The number of fused-ring (bicyclic) bond motifs is 1. The SMILES string of the molecule is O=c1[nH]c(-c2cccs2)nc2c1CN(Cc1ccc(O)cc1)CC2. The minimum absolute atomic E-state index is 0.0428. The highest BCUT2D eigenvalue weighted by Crippen LogP contribution is 2.23. The second-order valence-electron chi connectivity index (χ2n) is 5.94. The summed E-state index contributed by atoms with van der Waals surface area (Å²) in [5.41, 5.74) is 2.75. The first-order chi connectivity index (χ1) is 11.7. The molecule has 1 aromatic carbocycles. The van der Waals surface area contributed by atoms with Gasteiger partial charge in [0, 0.05) is 26.1 Å². The predicted octanol–water partition coefficient (Wildman–Crippen LogP) is 2.76. The number of rotatable bonds is 3. The molecule has 1 aliphatic heterocycles. The van der Waals surface area contributed by atoms with E-state index in [1.807, 2.05) is 29.6 Å². The van der Waals surface area contributed by atoms with Gasteiger partial charge in [-0.15, -0.1) is 11.3 Å². The van der Waals surface area contributed by atoms with E-state index in [0.29, 0.717) is 12.4 Å². The van der Waals surface area contributed by atoms with Gasteiger partial charge in [0.25, 0.3) is 5.56 Å². The van der Waals surface area contributed by atoms with Crippen molar-refractivity contribution in [2.24, 2.45) is 0 Å². The molecule has 0 aliphatic carbocycles. The lowest BCUT2D eigenvalue weighted by Crippen LogP contribution is -2.35. The monoisotopic (exact) mass is 339 g/mol. The van der Waals surface area contributed by atoms with Crippen LogP contribution >= 0.6 is 11.3 Å². The summed E-state index contributed by atoms with van der Waals surface area (Å²) >= 11 is 1.58. The highest BCUT2D eigenvalue weighted by Gasteiger charge is 2.21. The van der Waals surface area contributed by atoms with Crippen LogP contribution in [-0.4, -0.2) is 26.5 Å². The molecule has 3 aromatic rings. The first-order valence-corrected chi connectivity index (χ1v) is 8.73. The van der Waals surface area contributed by atoms with E-state index in [2.05, 4.69) is 14.9 Å². The van der Waals surface area contributed by atoms with E-state index in [1.54, 1.807) is 23.5 Å². The van der Waals surface area contributed by atoms with Crippen molar-refractivity contribution in [3.63, 3.8) is 0 Å². The first-order valence-electron chi connectivity index (χ1n) is 7.85. The molecule has 0 amide bonds. The summed E-state index contributed by atoms with van der Waals surface area (Å²) in [6.07, 6.45) is 0.774. The van der Waals surface area contributed by atoms with Gasteiger partial charge in [-0.1, -0.05) is 18.2 Å². The molecule has 5 nitrogen and oxygen atoms in total. The van der Waals surface area contributed by atoms with Crippen LogP contribution in [0.1, 0.15) is 16.8 Å². The zero-order valence-electron chi connectivity index (χ0n) is 13.0. The molecule has 0 radical (unpaired) electrons. The maximum absolute atomic E-state index is 12.5. The summed E-state index contributed by atoms with van der Waals surface area (Å²) in [6.45, 7) is 2.23. The van der Waals surface area contributed by atoms with Crippen LogP contribution in [0.25, 0.3) is 10.7 Å². The van der Waals surface area contributed by atoms with Crippen LogP contribution in [0.2, 0.25) is 0 Å². The summed E-state index contributed by atoms with van der Waals surface area (Å²) in [6, 6.07) is 11.1. The van der Waals surface area contributed by atoms with Gasteiger partial charge in [0.2, 0.25) is 0 Å². The van der Waals surface area contributed by atoms with E-state index in [1.165, 1.54) is 0 Å². The Balaban J connectivity index is 1.57. The lowest BCUT2D eigenvalue weighted by Gasteiger charge is -2.27. The smallest absolute Gasteiger partial charge is 0.255 e. The van der Waals surface area contributed by atoms with Crippen LogP contribution < -0.4 is 5.56 Å². The van der Waals surface area contributed by atoms with Crippen molar-refractivity contribution >= 4 is 11.3 Å². The lowest BCUT2D eigenvalue weighted by molar-refractivity contribution is 0.242. The van der Waals surface area contributed by atoms with Gasteiger partial charge < -0.3 is 10.1 Å². The highest BCUT2D eigenvalue weighted by atomic mass is 32.1. The molecule has 0 bridgehead atoms. The number of benzene rings is 1. The summed E-state index contributed by atoms with van der Waals surface area (Å²) in [7, 11) is 0. The zero-order chi connectivity index (χ0) is 16.5. The molecule has 0 saturated carbocycles. The Labute approximate surface area is 143 Å². The van der Waals surface area contributed by atoms with Gasteiger partial charge in [0.15, 0.2) is 5.82 Å². The van der Waals surface area contributed by atoms with Crippen molar-refractivity contribution in [1.29, 1.82) is 0 Å². The van der Waals surface area contributed by atoms with Crippen LogP contribution in [0.15, 0.2) is 46.6 Å². The highest BCUT2D eigenvalue weighted by molar-refractivity contribution is 7.13. The number of aromatic amines is 1. The number of hydrogen-bond donors (Lipinski definition) is 2. The quantitative estimate of drug-likeness (QED) is 0.770. The van der Waals surface area contributed by atoms with Gasteiger partial charge >= 0.3 is 0 Å². The minimum Gasteiger partial charge on any atom is -0.508 e. The van der Waals surface area contributed by atoms with E-state index < -0.39 is 0 Å². The van der Waals surface area contributed by atoms with Crippen LogP contribution in [0, 0.1) is 0 Å². The standard InChI is InChI=1S/C18H17N3O2S/c22-13-5-3-12(4-6-13)10-21-8-7-15-14(11-21)18(23)20-17(19-15)16-2-1-9-24-16/h1-6,9,22H,7-8,10-11H2,(H,19,20,23). The zero-order valence-corrected chi connectivity index (χ0v) is 13.8. The van der Waals surface area contributed by atoms with Gasteiger partial charge in [-0.3, -0.25) is 9.69 Å². The average molecular weight is 339 g/mol. The van der Waals surface area contributed by atoms with Gasteiger partial charge in [-0.05, 0) is 29.1 Å². The molecular weight excluding hydrogens is 322 g/mol.